The van der Waals surface area contributed by atoms with Gasteiger partial charge in [-0.05, 0) is 38.0 Å². The second-order valence-corrected chi connectivity index (χ2v) is 8.03. The molecule has 6 nitrogen and oxygen atoms in total. The lowest BCUT2D eigenvalue weighted by Crippen LogP contribution is -2.44. The van der Waals surface area contributed by atoms with E-state index in [4.69, 9.17) is 4.74 Å². The van der Waals surface area contributed by atoms with Gasteiger partial charge in [-0.15, -0.1) is 0 Å². The first-order valence-corrected chi connectivity index (χ1v) is 9.56. The third-order valence-electron chi connectivity index (χ3n) is 4.48. The monoisotopic (exact) mass is 394 g/mol. The van der Waals surface area contributed by atoms with Gasteiger partial charge in [0, 0.05) is 30.1 Å². The number of nitrogens with zero attached hydrogens (tertiary/aromatic N) is 1. The van der Waals surface area contributed by atoms with Crippen LogP contribution >= 0.6 is 0 Å². The molecule has 0 aliphatic heterocycles. The van der Waals surface area contributed by atoms with Gasteiger partial charge in [0.25, 0.3) is 0 Å². The molecule has 2 aromatic carbocycles. The number of nitrogens with one attached hydrogen (secondary N) is 1. The lowest BCUT2D eigenvalue weighted by Gasteiger charge is -2.22. The molecule has 3 aromatic rings. The van der Waals surface area contributed by atoms with Crippen molar-refractivity contribution in [2.45, 2.75) is 45.4 Å². The molecular weight excluding hydrogens is 368 g/mol. The van der Waals surface area contributed by atoms with E-state index in [0.717, 1.165) is 22.0 Å². The smallest absolute Gasteiger partial charge is 0.408 e. The van der Waals surface area contributed by atoms with E-state index in [9.17, 15) is 14.7 Å². The number of fused-ring (bicyclic) bond motifs is 1. The van der Waals surface area contributed by atoms with Crippen LogP contribution in [0.15, 0.2) is 60.8 Å². The lowest BCUT2D eigenvalue weighted by atomic mass is 10.1. The molecule has 0 bridgehead atoms. The van der Waals surface area contributed by atoms with Crippen LogP contribution in [0.25, 0.3) is 10.9 Å². The van der Waals surface area contributed by atoms with Crippen LogP contribution in [0.3, 0.4) is 0 Å². The summed E-state index contributed by atoms with van der Waals surface area (Å²) in [7, 11) is 0. The highest BCUT2D eigenvalue weighted by Gasteiger charge is 2.25. The minimum Gasteiger partial charge on any atom is -0.480 e. The van der Waals surface area contributed by atoms with E-state index < -0.39 is 23.7 Å². The normalized spacial score (nSPS) is 12.5. The Morgan fingerprint density at radius 3 is 2.38 bits per heavy atom. The van der Waals surface area contributed by atoms with Gasteiger partial charge in [0.15, 0.2) is 0 Å². The Hall–Kier alpha value is -3.28. The molecule has 1 amide bonds. The Balaban J connectivity index is 1.86. The van der Waals surface area contributed by atoms with Crippen molar-refractivity contribution < 1.29 is 19.4 Å². The van der Waals surface area contributed by atoms with Crippen LogP contribution in [0.4, 0.5) is 4.79 Å². The summed E-state index contributed by atoms with van der Waals surface area (Å²) in [6.45, 7) is 5.89. The molecule has 2 N–H and O–H groups in total. The number of rotatable bonds is 6. The van der Waals surface area contributed by atoms with Crippen LogP contribution in [0, 0.1) is 0 Å². The molecular formula is C23H26N2O4. The minimum absolute atomic E-state index is 0.164. The second-order valence-electron chi connectivity index (χ2n) is 8.03. The number of benzene rings is 2. The minimum atomic E-state index is -1.10. The highest BCUT2D eigenvalue weighted by molar-refractivity contribution is 5.86. The SMILES string of the molecule is CC(C)(C)OC(=O)N[C@H](Cc1cn(Cc2ccccc2)c2ccccc12)C(=O)O. The van der Waals surface area contributed by atoms with E-state index in [1.165, 1.54) is 0 Å². The van der Waals surface area contributed by atoms with Crippen LogP contribution in [-0.2, 0) is 22.5 Å². The lowest BCUT2D eigenvalue weighted by molar-refractivity contribution is -0.139. The van der Waals surface area contributed by atoms with Gasteiger partial charge < -0.3 is 19.7 Å². The first-order chi connectivity index (χ1) is 13.7. The highest BCUT2D eigenvalue weighted by Crippen LogP contribution is 2.24. The maximum absolute atomic E-state index is 12.1. The van der Waals surface area contributed by atoms with Crippen LogP contribution in [0.2, 0.25) is 0 Å². The summed E-state index contributed by atoms with van der Waals surface area (Å²) in [5.41, 5.74) is 2.34. The van der Waals surface area contributed by atoms with Crippen molar-refractivity contribution in [1.29, 1.82) is 0 Å². The standard InChI is InChI=1S/C23H26N2O4/c1-23(2,3)29-22(28)24-19(21(26)27)13-17-15-25(14-16-9-5-4-6-10-16)20-12-8-7-11-18(17)20/h4-12,15,19H,13-14H2,1-3H3,(H,24,28)(H,26,27)/t19-/m1/s1. The van der Waals surface area contributed by atoms with Gasteiger partial charge in [0.1, 0.15) is 11.6 Å². The average molecular weight is 394 g/mol. The van der Waals surface area contributed by atoms with Crippen molar-refractivity contribution in [3.8, 4) is 0 Å². The first-order valence-electron chi connectivity index (χ1n) is 9.56. The average Bonchev–Trinajstić information content (AvgIpc) is 2.98. The van der Waals surface area contributed by atoms with Gasteiger partial charge in [-0.1, -0.05) is 48.5 Å². The molecule has 0 saturated carbocycles. The fourth-order valence-corrected chi connectivity index (χ4v) is 3.27. The quantitative estimate of drug-likeness (QED) is 0.656. The number of hydrogen-bond acceptors (Lipinski definition) is 3. The fourth-order valence-electron chi connectivity index (χ4n) is 3.27. The van der Waals surface area contributed by atoms with Crippen LogP contribution in [0.1, 0.15) is 31.9 Å². The number of hydrogen-bond donors (Lipinski definition) is 2. The molecule has 3 rings (SSSR count). The fraction of sp³-hybridized carbons (Fsp3) is 0.304. The van der Waals surface area contributed by atoms with E-state index in [-0.39, 0.29) is 6.42 Å². The van der Waals surface area contributed by atoms with Gasteiger partial charge in [0.2, 0.25) is 0 Å². The van der Waals surface area contributed by atoms with Crippen molar-refractivity contribution in [1.82, 2.24) is 9.88 Å². The molecule has 0 saturated heterocycles. The molecule has 152 valence electrons. The number of carboxylic acids is 1. The van der Waals surface area contributed by atoms with Crippen LogP contribution in [0.5, 0.6) is 0 Å². The summed E-state index contributed by atoms with van der Waals surface area (Å²) in [5.74, 6) is -1.10. The Morgan fingerprint density at radius 1 is 1.07 bits per heavy atom. The molecule has 0 aliphatic rings. The predicted octanol–water partition coefficient (Wildman–Crippen LogP) is 4.21. The van der Waals surface area contributed by atoms with Crippen molar-refractivity contribution in [3.05, 3.63) is 71.9 Å². The van der Waals surface area contributed by atoms with E-state index in [1.807, 2.05) is 48.7 Å². The summed E-state index contributed by atoms with van der Waals surface area (Å²) in [4.78, 5) is 23.8. The Morgan fingerprint density at radius 2 is 1.72 bits per heavy atom. The number of ether oxygens (including phenoxy) is 1. The Kier molecular flexibility index (Phi) is 5.92. The van der Waals surface area contributed by atoms with Gasteiger partial charge in [-0.2, -0.15) is 0 Å². The molecule has 29 heavy (non-hydrogen) atoms. The molecule has 0 unspecified atom stereocenters. The van der Waals surface area contributed by atoms with Crippen molar-refractivity contribution in [2.75, 3.05) is 0 Å². The predicted molar refractivity (Wildman–Crippen MR) is 112 cm³/mol. The number of carbonyl (C=O) groups is 2. The van der Waals surface area contributed by atoms with E-state index >= 15 is 0 Å². The zero-order valence-electron chi connectivity index (χ0n) is 16.9. The zero-order chi connectivity index (χ0) is 21.0. The van der Waals surface area contributed by atoms with Gasteiger partial charge >= 0.3 is 12.1 Å². The van der Waals surface area contributed by atoms with Crippen molar-refractivity contribution >= 4 is 23.0 Å². The third-order valence-corrected chi connectivity index (χ3v) is 4.48. The molecule has 1 atom stereocenters. The van der Waals surface area contributed by atoms with E-state index in [2.05, 4.69) is 22.0 Å². The zero-order valence-corrected chi connectivity index (χ0v) is 16.9. The van der Waals surface area contributed by atoms with Crippen LogP contribution in [-0.4, -0.2) is 33.4 Å². The first kappa shape index (κ1) is 20.5. The molecule has 0 spiro atoms. The summed E-state index contributed by atoms with van der Waals surface area (Å²) < 4.78 is 7.31. The molecule has 1 aromatic heterocycles. The largest absolute Gasteiger partial charge is 0.480 e. The maximum atomic E-state index is 12.1. The molecule has 0 radical (unpaired) electrons. The number of amides is 1. The maximum Gasteiger partial charge on any atom is 0.408 e. The van der Waals surface area contributed by atoms with E-state index in [0.29, 0.717) is 6.54 Å². The summed E-state index contributed by atoms with van der Waals surface area (Å²) >= 11 is 0. The summed E-state index contributed by atoms with van der Waals surface area (Å²) in [5, 5.41) is 13.1. The van der Waals surface area contributed by atoms with Crippen molar-refractivity contribution in [3.63, 3.8) is 0 Å². The number of para-hydroxylation sites is 1. The second kappa shape index (κ2) is 8.39. The topological polar surface area (TPSA) is 80.6 Å². The molecule has 1 heterocycles. The summed E-state index contributed by atoms with van der Waals surface area (Å²) in [6.07, 6.45) is 1.39. The van der Waals surface area contributed by atoms with E-state index in [1.54, 1.807) is 20.8 Å². The number of carboxylic acid groups (broad SMARTS) is 1. The van der Waals surface area contributed by atoms with Gasteiger partial charge in [0.05, 0.1) is 0 Å². The van der Waals surface area contributed by atoms with Crippen molar-refractivity contribution in [2.24, 2.45) is 0 Å². The number of carbonyl (C=O) groups excluding carboxylic acids is 1. The third kappa shape index (κ3) is 5.38. The highest BCUT2D eigenvalue weighted by atomic mass is 16.6. The number of alkyl carbamates (subject to hydrolysis) is 1. The molecule has 0 fully saturated rings. The molecule has 0 aliphatic carbocycles. The van der Waals surface area contributed by atoms with Crippen LogP contribution < -0.4 is 5.32 Å². The Labute approximate surface area is 170 Å². The number of aromatic nitrogens is 1. The summed E-state index contributed by atoms with van der Waals surface area (Å²) in [6, 6.07) is 16.9. The Bertz CT molecular complexity index is 1000. The number of aliphatic carboxylic acids is 1. The van der Waals surface area contributed by atoms with Gasteiger partial charge in [-0.25, -0.2) is 9.59 Å². The molecule has 6 heteroatoms. The van der Waals surface area contributed by atoms with Gasteiger partial charge in [-0.3, -0.25) is 0 Å².